The van der Waals surface area contributed by atoms with Crippen LogP contribution in [-0.2, 0) is 11.2 Å². The van der Waals surface area contributed by atoms with Crippen LogP contribution in [0.3, 0.4) is 0 Å². The van der Waals surface area contributed by atoms with Gasteiger partial charge < -0.3 is 9.84 Å². The highest BCUT2D eigenvalue weighted by Crippen LogP contribution is 2.36. The van der Waals surface area contributed by atoms with Gasteiger partial charge in [-0.15, -0.1) is 0 Å². The van der Waals surface area contributed by atoms with Crippen molar-refractivity contribution >= 4 is 11.6 Å². The van der Waals surface area contributed by atoms with Gasteiger partial charge in [-0.1, -0.05) is 42.8 Å². The highest BCUT2D eigenvalue weighted by atomic mass is 35.5. The lowest BCUT2D eigenvalue weighted by atomic mass is 9.89. The molecular formula is C20H22ClFO3. The molecule has 1 aliphatic heterocycles. The molecule has 134 valence electrons. The molecule has 1 aliphatic rings. The minimum Gasteiger partial charge on any atom is -0.394 e. The van der Waals surface area contributed by atoms with Crippen LogP contribution in [0.25, 0.3) is 0 Å². The summed E-state index contributed by atoms with van der Waals surface area (Å²) >= 11 is 6.36. The molecule has 3 rings (SSSR count). The molecule has 5 heteroatoms. The average molecular weight is 365 g/mol. The number of benzene rings is 2. The molecule has 1 heterocycles. The number of halogens is 2. The summed E-state index contributed by atoms with van der Waals surface area (Å²) in [4.78, 5) is 3.71. The molecule has 0 bridgehead atoms. The Morgan fingerprint density at radius 3 is 2.64 bits per heavy atom. The zero-order valence-electron chi connectivity index (χ0n) is 14.1. The van der Waals surface area contributed by atoms with Gasteiger partial charge >= 0.3 is 0 Å². The zero-order valence-corrected chi connectivity index (χ0v) is 14.9. The third-order valence-electron chi connectivity index (χ3n) is 4.69. The van der Waals surface area contributed by atoms with Crippen molar-refractivity contribution in [2.24, 2.45) is 5.92 Å². The van der Waals surface area contributed by atoms with Crippen molar-refractivity contribution in [1.29, 1.82) is 0 Å². The number of rotatable bonds is 5. The van der Waals surface area contributed by atoms with Crippen LogP contribution in [0.5, 0.6) is 5.75 Å². The maximum Gasteiger partial charge on any atom is 0.171 e. The molecular weight excluding hydrogens is 343 g/mol. The number of hydrogen-bond acceptors (Lipinski definition) is 3. The monoisotopic (exact) mass is 364 g/mol. The maximum absolute atomic E-state index is 12.1. The van der Waals surface area contributed by atoms with Gasteiger partial charge in [0.15, 0.2) is 5.75 Å². The van der Waals surface area contributed by atoms with Crippen LogP contribution in [-0.4, -0.2) is 17.8 Å². The van der Waals surface area contributed by atoms with Gasteiger partial charge in [0.05, 0.1) is 18.8 Å². The first kappa shape index (κ1) is 18.2. The number of aliphatic hydroxyl groups is 1. The Hall–Kier alpha value is -1.62. The highest BCUT2D eigenvalue weighted by molar-refractivity contribution is 6.31. The second-order valence-corrected chi connectivity index (χ2v) is 7.16. The smallest absolute Gasteiger partial charge is 0.171 e. The second kappa shape index (κ2) is 8.17. The van der Waals surface area contributed by atoms with Gasteiger partial charge in [0.25, 0.3) is 0 Å². The molecule has 1 N–H and O–H groups in total. The zero-order chi connectivity index (χ0) is 17.8. The minimum atomic E-state index is -0.110. The molecule has 0 unspecified atom stereocenters. The number of aliphatic hydroxyl groups excluding tert-OH is 1. The van der Waals surface area contributed by atoms with Gasteiger partial charge in [0, 0.05) is 9.55 Å². The topological polar surface area (TPSA) is 38.7 Å². The van der Waals surface area contributed by atoms with Gasteiger partial charge in [-0.25, -0.2) is 0 Å². The van der Waals surface area contributed by atoms with Crippen LogP contribution >= 0.6 is 11.6 Å². The number of ether oxygens (including phenoxy) is 1. The van der Waals surface area contributed by atoms with E-state index in [2.05, 4.69) is 17.9 Å². The van der Waals surface area contributed by atoms with Crippen LogP contribution in [0.15, 0.2) is 42.5 Å². The normalized spacial score (nSPS) is 23.4. The lowest BCUT2D eigenvalue weighted by Gasteiger charge is -2.33. The lowest BCUT2D eigenvalue weighted by molar-refractivity contribution is -0.0900. The SMILES string of the molecule is C[C@H]1C[C@@H](CO)O[C@@H](c2ccc(Cl)c(Cc3ccc(OF)cc3)c2)C1. The van der Waals surface area contributed by atoms with E-state index in [-0.39, 0.29) is 24.6 Å². The molecule has 0 amide bonds. The van der Waals surface area contributed by atoms with Gasteiger partial charge in [-0.2, -0.15) is 0 Å². The van der Waals surface area contributed by atoms with Gasteiger partial charge in [-0.05, 0) is 60.1 Å². The van der Waals surface area contributed by atoms with Crippen LogP contribution in [0.4, 0.5) is 4.53 Å². The van der Waals surface area contributed by atoms with Gasteiger partial charge in [-0.3, -0.25) is 4.94 Å². The summed E-state index contributed by atoms with van der Waals surface area (Å²) in [5.74, 6) is 0.687. The second-order valence-electron chi connectivity index (χ2n) is 6.75. The van der Waals surface area contributed by atoms with Crippen molar-refractivity contribution in [3.05, 3.63) is 64.2 Å². The molecule has 0 aliphatic carbocycles. The van der Waals surface area contributed by atoms with E-state index in [0.29, 0.717) is 17.4 Å². The Bertz CT molecular complexity index is 705. The van der Waals surface area contributed by atoms with E-state index in [1.807, 2.05) is 24.3 Å². The summed E-state index contributed by atoms with van der Waals surface area (Å²) in [5, 5.41) is 10.1. The molecule has 0 radical (unpaired) electrons. The van der Waals surface area contributed by atoms with Gasteiger partial charge in [0.1, 0.15) is 0 Å². The fraction of sp³-hybridized carbons (Fsp3) is 0.400. The summed E-state index contributed by atoms with van der Waals surface area (Å²) in [6.45, 7) is 2.23. The standard InChI is InChI=1S/C20H22ClFO3/c1-13-8-18(12-23)24-20(9-13)15-4-7-19(21)16(11-15)10-14-2-5-17(25-22)6-3-14/h2-7,11,13,18,20,23H,8-10,12H2,1H3/t13-,18-,20+/m0/s1. The maximum atomic E-state index is 12.1. The van der Waals surface area contributed by atoms with Crippen LogP contribution in [0, 0.1) is 5.92 Å². The molecule has 0 spiro atoms. The number of hydrogen-bond donors (Lipinski definition) is 1. The van der Waals surface area contributed by atoms with E-state index in [1.165, 1.54) is 0 Å². The van der Waals surface area contributed by atoms with Crippen molar-refractivity contribution in [1.82, 2.24) is 0 Å². The molecule has 2 aromatic rings. The van der Waals surface area contributed by atoms with Crippen LogP contribution in [0.2, 0.25) is 5.02 Å². The third-order valence-corrected chi connectivity index (χ3v) is 5.06. The van der Waals surface area contributed by atoms with Crippen LogP contribution in [0.1, 0.15) is 42.6 Å². The molecule has 1 saturated heterocycles. The Kier molecular flexibility index (Phi) is 5.94. The van der Waals surface area contributed by atoms with E-state index >= 15 is 0 Å². The Morgan fingerprint density at radius 2 is 1.96 bits per heavy atom. The van der Waals surface area contributed by atoms with Crippen molar-refractivity contribution in [2.45, 2.75) is 38.4 Å². The van der Waals surface area contributed by atoms with E-state index in [0.717, 1.165) is 29.5 Å². The summed E-state index contributed by atoms with van der Waals surface area (Å²) < 4.78 is 18.2. The van der Waals surface area contributed by atoms with E-state index < -0.39 is 0 Å². The van der Waals surface area contributed by atoms with Crippen molar-refractivity contribution in [2.75, 3.05) is 6.61 Å². The van der Waals surface area contributed by atoms with E-state index in [4.69, 9.17) is 16.3 Å². The van der Waals surface area contributed by atoms with Crippen molar-refractivity contribution < 1.29 is 19.3 Å². The van der Waals surface area contributed by atoms with Crippen LogP contribution < -0.4 is 4.94 Å². The summed E-state index contributed by atoms with van der Waals surface area (Å²) in [6, 6.07) is 12.8. The Balaban J connectivity index is 1.79. The molecule has 25 heavy (non-hydrogen) atoms. The predicted molar refractivity (Wildman–Crippen MR) is 95.5 cm³/mol. The van der Waals surface area contributed by atoms with Gasteiger partial charge in [0.2, 0.25) is 0 Å². The fourth-order valence-electron chi connectivity index (χ4n) is 3.40. The Labute approximate surface area is 152 Å². The summed E-state index contributed by atoms with van der Waals surface area (Å²) in [7, 11) is 0. The molecule has 0 saturated carbocycles. The Morgan fingerprint density at radius 1 is 1.20 bits per heavy atom. The van der Waals surface area contributed by atoms with E-state index in [9.17, 15) is 9.63 Å². The average Bonchev–Trinajstić information content (AvgIpc) is 2.63. The third kappa shape index (κ3) is 4.51. The quantitative estimate of drug-likeness (QED) is 0.807. The molecule has 1 fully saturated rings. The molecule has 3 nitrogen and oxygen atoms in total. The van der Waals surface area contributed by atoms with Crippen molar-refractivity contribution in [3.8, 4) is 5.75 Å². The first-order valence-electron chi connectivity index (χ1n) is 8.51. The van der Waals surface area contributed by atoms with E-state index in [1.54, 1.807) is 12.1 Å². The fourth-order valence-corrected chi connectivity index (χ4v) is 3.58. The molecule has 0 aromatic heterocycles. The van der Waals surface area contributed by atoms with Crippen molar-refractivity contribution in [3.63, 3.8) is 0 Å². The molecule has 3 atom stereocenters. The first-order chi connectivity index (χ1) is 12.1. The first-order valence-corrected chi connectivity index (χ1v) is 8.89. The summed E-state index contributed by atoms with van der Waals surface area (Å²) in [5.41, 5.74) is 3.09. The lowest BCUT2D eigenvalue weighted by Crippen LogP contribution is -2.29. The minimum absolute atomic E-state index is 0.0285. The highest BCUT2D eigenvalue weighted by Gasteiger charge is 2.28. The predicted octanol–water partition coefficient (Wildman–Crippen LogP) is 5.04. The molecule has 2 aromatic carbocycles. The summed E-state index contributed by atoms with van der Waals surface area (Å²) in [6.07, 6.45) is 2.32. The largest absolute Gasteiger partial charge is 0.394 e.